The molecular formula is C33H37FN2O3. The van der Waals surface area contributed by atoms with Crippen molar-refractivity contribution < 1.29 is 19.0 Å². The maximum Gasteiger partial charge on any atom is 0.305 e. The van der Waals surface area contributed by atoms with E-state index in [0.29, 0.717) is 6.61 Å². The van der Waals surface area contributed by atoms with Gasteiger partial charge < -0.3 is 14.7 Å². The monoisotopic (exact) mass is 528 g/mol. The molecule has 1 aliphatic heterocycles. The molecule has 1 aliphatic carbocycles. The number of carbonyl (C=O) groups is 1. The average Bonchev–Trinajstić information content (AvgIpc) is 3.08. The summed E-state index contributed by atoms with van der Waals surface area (Å²) in [5.74, 6) is 5.68. The van der Waals surface area contributed by atoms with Gasteiger partial charge in [0.1, 0.15) is 18.2 Å². The molecule has 0 saturated carbocycles. The van der Waals surface area contributed by atoms with E-state index in [1.54, 1.807) is 19.1 Å². The van der Waals surface area contributed by atoms with Crippen molar-refractivity contribution in [2.24, 2.45) is 5.92 Å². The zero-order valence-corrected chi connectivity index (χ0v) is 23.0. The molecule has 204 valence electrons. The van der Waals surface area contributed by atoms with Crippen LogP contribution in [0.3, 0.4) is 0 Å². The minimum Gasteiger partial charge on any atom is -0.489 e. The molecule has 1 saturated heterocycles. The number of benzene rings is 2. The summed E-state index contributed by atoms with van der Waals surface area (Å²) >= 11 is 0. The van der Waals surface area contributed by atoms with Crippen LogP contribution < -0.4 is 4.74 Å². The van der Waals surface area contributed by atoms with Crippen LogP contribution in [-0.2, 0) is 23.4 Å². The Kier molecular flexibility index (Phi) is 9.27. The third kappa shape index (κ3) is 7.84. The number of aliphatic carboxylic acids is 1. The van der Waals surface area contributed by atoms with Crippen LogP contribution in [0.5, 0.6) is 5.75 Å². The van der Waals surface area contributed by atoms with E-state index in [1.165, 1.54) is 5.56 Å². The Balaban J connectivity index is 1.26. The van der Waals surface area contributed by atoms with Gasteiger partial charge in [-0.25, -0.2) is 4.39 Å². The van der Waals surface area contributed by atoms with E-state index in [0.717, 1.165) is 55.3 Å². The summed E-state index contributed by atoms with van der Waals surface area (Å²) < 4.78 is 19.7. The van der Waals surface area contributed by atoms with Crippen LogP contribution >= 0.6 is 0 Å². The van der Waals surface area contributed by atoms with Gasteiger partial charge in [0.25, 0.3) is 0 Å². The molecule has 39 heavy (non-hydrogen) atoms. The molecule has 2 aliphatic rings. The van der Waals surface area contributed by atoms with E-state index in [-0.39, 0.29) is 18.2 Å². The van der Waals surface area contributed by atoms with Gasteiger partial charge >= 0.3 is 5.97 Å². The number of hydrogen-bond acceptors (Lipinski definition) is 4. The summed E-state index contributed by atoms with van der Waals surface area (Å²) in [7, 11) is 0. The smallest absolute Gasteiger partial charge is 0.305 e. The normalized spacial score (nSPS) is 19.2. The largest absolute Gasteiger partial charge is 0.489 e. The number of piperazine rings is 1. The fraction of sp³-hybridized carbons (Fsp3) is 0.364. The van der Waals surface area contributed by atoms with E-state index in [4.69, 9.17) is 4.74 Å². The second-order valence-corrected chi connectivity index (χ2v) is 10.5. The summed E-state index contributed by atoms with van der Waals surface area (Å²) in [5.41, 5.74) is 3.58. The van der Waals surface area contributed by atoms with Crippen LogP contribution in [0.1, 0.15) is 43.9 Å². The summed E-state index contributed by atoms with van der Waals surface area (Å²) in [6.45, 7) is 10.7. The molecule has 0 unspecified atom stereocenters. The Morgan fingerprint density at radius 2 is 1.69 bits per heavy atom. The predicted molar refractivity (Wildman–Crippen MR) is 153 cm³/mol. The molecule has 5 nitrogen and oxygen atoms in total. The Bertz CT molecular complexity index is 1290. The highest BCUT2D eigenvalue weighted by Gasteiger charge is 2.27. The fourth-order valence-electron chi connectivity index (χ4n) is 5.10. The number of ether oxygens (including phenoxy) is 1. The Hall–Kier alpha value is -3.82. The van der Waals surface area contributed by atoms with Crippen molar-refractivity contribution in [3.8, 4) is 17.6 Å². The number of allylic oxidation sites excluding steroid dienone is 5. The lowest BCUT2D eigenvalue weighted by Gasteiger charge is -2.36. The Morgan fingerprint density at radius 1 is 1.03 bits per heavy atom. The summed E-state index contributed by atoms with van der Waals surface area (Å²) in [6, 6.07) is 16.0. The van der Waals surface area contributed by atoms with Gasteiger partial charge in [-0.2, -0.15) is 0 Å². The van der Waals surface area contributed by atoms with E-state index in [2.05, 4.69) is 52.0 Å². The minimum atomic E-state index is -0.874. The standard InChI is InChI=1S/C33H37FN2O3/c1-4-15-33(3,22-32(37)38)28-9-13-31(14-10-28)39-24-27-7-5-26(6-8-27)23-35-16-18-36(19-17-35)30-12-11-29(34)20-25(2)21-30/h5-14,20-21,25H,16-19,22-24H2,1-3H3,(H,37,38)/t25-,33-/m1/s1. The van der Waals surface area contributed by atoms with Gasteiger partial charge in [-0.3, -0.25) is 9.69 Å². The van der Waals surface area contributed by atoms with Crippen LogP contribution in [0, 0.1) is 17.8 Å². The lowest BCUT2D eigenvalue weighted by molar-refractivity contribution is -0.137. The zero-order chi connectivity index (χ0) is 27.8. The molecule has 1 N–H and O–H groups in total. The number of carboxylic acid groups (broad SMARTS) is 1. The average molecular weight is 529 g/mol. The van der Waals surface area contributed by atoms with Crippen molar-refractivity contribution in [2.45, 2.75) is 45.8 Å². The molecule has 2 aromatic carbocycles. The molecule has 0 bridgehead atoms. The second-order valence-electron chi connectivity index (χ2n) is 10.5. The van der Waals surface area contributed by atoms with Gasteiger partial charge in [-0.15, -0.1) is 5.92 Å². The molecule has 4 rings (SSSR count). The van der Waals surface area contributed by atoms with Crippen LogP contribution in [-0.4, -0.2) is 47.1 Å². The summed E-state index contributed by atoms with van der Waals surface area (Å²) in [5, 5.41) is 9.28. The second kappa shape index (κ2) is 12.8. The van der Waals surface area contributed by atoms with Gasteiger partial charge in [-0.1, -0.05) is 55.3 Å². The molecule has 0 aromatic heterocycles. The zero-order valence-electron chi connectivity index (χ0n) is 23.0. The van der Waals surface area contributed by atoms with E-state index >= 15 is 0 Å². The number of rotatable bonds is 9. The van der Waals surface area contributed by atoms with Crippen molar-refractivity contribution in [1.82, 2.24) is 9.80 Å². The van der Waals surface area contributed by atoms with Crippen molar-refractivity contribution in [3.63, 3.8) is 0 Å². The van der Waals surface area contributed by atoms with E-state index < -0.39 is 11.4 Å². The van der Waals surface area contributed by atoms with Crippen molar-refractivity contribution >= 4 is 5.97 Å². The summed E-state index contributed by atoms with van der Waals surface area (Å²) in [4.78, 5) is 16.1. The van der Waals surface area contributed by atoms with Gasteiger partial charge in [0.15, 0.2) is 0 Å². The van der Waals surface area contributed by atoms with E-state index in [1.807, 2.05) is 44.2 Å². The van der Waals surface area contributed by atoms with Crippen molar-refractivity contribution in [3.05, 3.63) is 101 Å². The SMILES string of the molecule is CC#C[C@](C)(CC(=O)O)c1ccc(OCc2ccc(CN3CCN(C4=C[C@H](C)C=C(F)C=C4)CC3)cc2)cc1. The first-order valence-electron chi connectivity index (χ1n) is 13.5. The van der Waals surface area contributed by atoms with Crippen molar-refractivity contribution in [1.29, 1.82) is 0 Å². The lowest BCUT2D eigenvalue weighted by atomic mass is 9.80. The molecule has 1 heterocycles. The minimum absolute atomic E-state index is 0.0519. The molecule has 0 spiro atoms. The third-order valence-electron chi connectivity index (χ3n) is 7.24. The number of carboxylic acids is 1. The Labute approximate surface area is 231 Å². The maximum absolute atomic E-state index is 13.7. The van der Waals surface area contributed by atoms with Crippen LogP contribution in [0.4, 0.5) is 4.39 Å². The maximum atomic E-state index is 13.7. The number of halogens is 1. The van der Waals surface area contributed by atoms with Crippen LogP contribution in [0.2, 0.25) is 0 Å². The molecule has 0 radical (unpaired) electrons. The molecule has 2 atom stereocenters. The Morgan fingerprint density at radius 3 is 2.33 bits per heavy atom. The molecule has 0 amide bonds. The lowest BCUT2D eigenvalue weighted by Crippen LogP contribution is -2.45. The molecular weight excluding hydrogens is 491 g/mol. The topological polar surface area (TPSA) is 53.0 Å². The van der Waals surface area contributed by atoms with Gasteiger partial charge in [-0.05, 0) is 66.8 Å². The van der Waals surface area contributed by atoms with Crippen LogP contribution in [0.25, 0.3) is 0 Å². The van der Waals surface area contributed by atoms with Gasteiger partial charge in [0.05, 0.1) is 11.8 Å². The molecule has 2 aromatic rings. The number of hydrogen-bond donors (Lipinski definition) is 1. The van der Waals surface area contributed by atoms with Crippen molar-refractivity contribution in [2.75, 3.05) is 26.2 Å². The first-order chi connectivity index (χ1) is 18.7. The highest BCUT2D eigenvalue weighted by atomic mass is 19.1. The first kappa shape index (κ1) is 28.2. The quantitative estimate of drug-likeness (QED) is 0.400. The van der Waals surface area contributed by atoms with Gasteiger partial charge in [0, 0.05) is 38.4 Å². The number of nitrogens with zero attached hydrogens (tertiary/aromatic N) is 2. The predicted octanol–water partition coefficient (Wildman–Crippen LogP) is 6.08. The van der Waals surface area contributed by atoms with Gasteiger partial charge in [0.2, 0.25) is 0 Å². The highest BCUT2D eigenvalue weighted by Crippen LogP contribution is 2.29. The fourth-order valence-corrected chi connectivity index (χ4v) is 5.10. The highest BCUT2D eigenvalue weighted by molar-refractivity contribution is 5.70. The summed E-state index contributed by atoms with van der Waals surface area (Å²) in [6.07, 6.45) is 7.17. The molecule has 1 fully saturated rings. The van der Waals surface area contributed by atoms with Crippen LogP contribution in [0.15, 0.2) is 84.4 Å². The van der Waals surface area contributed by atoms with E-state index in [9.17, 15) is 14.3 Å². The third-order valence-corrected chi connectivity index (χ3v) is 7.24. The first-order valence-corrected chi connectivity index (χ1v) is 13.5. The molecule has 6 heteroatoms.